The third-order valence-electron chi connectivity index (χ3n) is 2.15. The number of hydrogen-bond acceptors (Lipinski definition) is 5. The van der Waals surface area contributed by atoms with Crippen LogP contribution in [0, 0.1) is 0 Å². The lowest BCUT2D eigenvalue weighted by Crippen LogP contribution is -2.27. The lowest BCUT2D eigenvalue weighted by molar-refractivity contribution is -0.136. The Morgan fingerprint density at radius 3 is 2.55 bits per heavy atom. The maximum atomic E-state index is 11.7. The van der Waals surface area contributed by atoms with E-state index < -0.39 is 17.7 Å². The SMILES string of the molecule is COc1cc(CC(=O)O)c(NC(=O)OC(C)(C)C)cn1. The maximum Gasteiger partial charge on any atom is 0.412 e. The fourth-order valence-electron chi connectivity index (χ4n) is 1.42. The molecule has 0 saturated heterocycles. The van der Waals surface area contributed by atoms with Crippen LogP contribution in [0.3, 0.4) is 0 Å². The summed E-state index contributed by atoms with van der Waals surface area (Å²) in [6, 6.07) is 1.46. The molecule has 110 valence electrons. The standard InChI is InChI=1S/C13H18N2O5/c1-13(2,3)20-12(18)15-9-7-14-10(19-4)5-8(9)6-11(16)17/h5,7H,6H2,1-4H3,(H,15,18)(H,16,17). The van der Waals surface area contributed by atoms with Gasteiger partial charge in [0.25, 0.3) is 0 Å². The van der Waals surface area contributed by atoms with Crippen molar-refractivity contribution in [3.63, 3.8) is 0 Å². The predicted octanol–water partition coefficient (Wildman–Crippen LogP) is 2.06. The smallest absolute Gasteiger partial charge is 0.412 e. The van der Waals surface area contributed by atoms with Crippen LogP contribution in [0.1, 0.15) is 26.3 Å². The van der Waals surface area contributed by atoms with Crippen molar-refractivity contribution >= 4 is 17.7 Å². The molecule has 0 bridgehead atoms. The number of carbonyl (C=O) groups is 2. The average molecular weight is 282 g/mol. The van der Waals surface area contributed by atoms with Gasteiger partial charge in [-0.05, 0) is 26.3 Å². The zero-order valence-corrected chi connectivity index (χ0v) is 11.9. The van der Waals surface area contributed by atoms with Crippen LogP contribution in [-0.2, 0) is 16.0 Å². The number of methoxy groups -OCH3 is 1. The van der Waals surface area contributed by atoms with Crippen molar-refractivity contribution in [2.75, 3.05) is 12.4 Å². The molecule has 20 heavy (non-hydrogen) atoms. The fourth-order valence-corrected chi connectivity index (χ4v) is 1.42. The second kappa shape index (κ2) is 6.23. The van der Waals surface area contributed by atoms with Crippen molar-refractivity contribution in [3.05, 3.63) is 17.8 Å². The highest BCUT2D eigenvalue weighted by atomic mass is 16.6. The number of hydrogen-bond donors (Lipinski definition) is 2. The Labute approximate surface area is 116 Å². The molecule has 7 heteroatoms. The zero-order valence-electron chi connectivity index (χ0n) is 11.9. The Morgan fingerprint density at radius 1 is 1.40 bits per heavy atom. The predicted molar refractivity (Wildman–Crippen MR) is 72.0 cm³/mol. The van der Waals surface area contributed by atoms with Gasteiger partial charge in [-0.15, -0.1) is 0 Å². The molecule has 1 heterocycles. The van der Waals surface area contributed by atoms with Crippen molar-refractivity contribution in [2.45, 2.75) is 32.8 Å². The van der Waals surface area contributed by atoms with E-state index in [0.29, 0.717) is 5.56 Å². The first-order valence-corrected chi connectivity index (χ1v) is 5.96. The first kappa shape index (κ1) is 15.7. The van der Waals surface area contributed by atoms with Crippen LogP contribution in [0.25, 0.3) is 0 Å². The lowest BCUT2D eigenvalue weighted by atomic mass is 10.1. The summed E-state index contributed by atoms with van der Waals surface area (Å²) >= 11 is 0. The quantitative estimate of drug-likeness (QED) is 0.877. The van der Waals surface area contributed by atoms with Crippen LogP contribution in [0.2, 0.25) is 0 Å². The van der Waals surface area contributed by atoms with Crippen LogP contribution in [0.15, 0.2) is 12.3 Å². The number of anilines is 1. The van der Waals surface area contributed by atoms with Crippen molar-refractivity contribution in [3.8, 4) is 5.88 Å². The first-order chi connectivity index (χ1) is 9.21. The van der Waals surface area contributed by atoms with Crippen LogP contribution < -0.4 is 10.1 Å². The van der Waals surface area contributed by atoms with Crippen LogP contribution >= 0.6 is 0 Å². The molecule has 0 aliphatic heterocycles. The number of ether oxygens (including phenoxy) is 2. The van der Waals surface area contributed by atoms with Gasteiger partial charge in [0.15, 0.2) is 0 Å². The molecule has 7 nitrogen and oxygen atoms in total. The Hall–Kier alpha value is -2.31. The van der Waals surface area contributed by atoms with E-state index in [1.54, 1.807) is 20.8 Å². The van der Waals surface area contributed by atoms with Crippen molar-refractivity contribution in [1.82, 2.24) is 4.98 Å². The Bertz CT molecular complexity index is 508. The van der Waals surface area contributed by atoms with Gasteiger partial charge in [-0.1, -0.05) is 0 Å². The summed E-state index contributed by atoms with van der Waals surface area (Å²) in [7, 11) is 1.42. The van der Waals surface area contributed by atoms with E-state index >= 15 is 0 Å². The van der Waals surface area contributed by atoms with Gasteiger partial charge in [0.1, 0.15) is 5.60 Å². The van der Waals surface area contributed by atoms with Crippen LogP contribution in [0.4, 0.5) is 10.5 Å². The number of pyridine rings is 1. The zero-order chi connectivity index (χ0) is 15.3. The molecule has 0 aliphatic carbocycles. The highest BCUT2D eigenvalue weighted by molar-refractivity contribution is 5.87. The summed E-state index contributed by atoms with van der Waals surface area (Å²) in [5.41, 5.74) is 0.0226. The van der Waals surface area contributed by atoms with E-state index in [9.17, 15) is 9.59 Å². The Morgan fingerprint density at radius 2 is 2.05 bits per heavy atom. The molecule has 0 unspecified atom stereocenters. The molecule has 0 saturated carbocycles. The van der Waals surface area contributed by atoms with Crippen molar-refractivity contribution < 1.29 is 24.2 Å². The number of carboxylic acids is 1. The Balaban J connectivity index is 2.93. The van der Waals surface area contributed by atoms with Gasteiger partial charge in [-0.3, -0.25) is 10.1 Å². The summed E-state index contributed by atoms with van der Waals surface area (Å²) in [5.74, 6) is -0.749. The number of aromatic nitrogens is 1. The van der Waals surface area contributed by atoms with Gasteiger partial charge >= 0.3 is 12.1 Å². The highest BCUT2D eigenvalue weighted by Crippen LogP contribution is 2.21. The normalized spacial score (nSPS) is 10.8. The molecule has 2 N–H and O–H groups in total. The minimum absolute atomic E-state index is 0.260. The van der Waals surface area contributed by atoms with Crippen molar-refractivity contribution in [1.29, 1.82) is 0 Å². The van der Waals surface area contributed by atoms with E-state index in [1.807, 2.05) is 0 Å². The molecule has 0 aliphatic rings. The summed E-state index contributed by atoms with van der Waals surface area (Å²) in [6.45, 7) is 5.20. The molecule has 0 fully saturated rings. The number of carboxylic acid groups (broad SMARTS) is 1. The van der Waals surface area contributed by atoms with E-state index in [2.05, 4.69) is 10.3 Å². The summed E-state index contributed by atoms with van der Waals surface area (Å²) in [4.78, 5) is 26.4. The monoisotopic (exact) mass is 282 g/mol. The van der Waals surface area contributed by atoms with E-state index in [4.69, 9.17) is 14.6 Å². The number of rotatable bonds is 4. The maximum absolute atomic E-state index is 11.7. The second-order valence-corrected chi connectivity index (χ2v) is 5.08. The fraction of sp³-hybridized carbons (Fsp3) is 0.462. The minimum Gasteiger partial charge on any atom is -0.481 e. The van der Waals surface area contributed by atoms with E-state index in [0.717, 1.165) is 0 Å². The highest BCUT2D eigenvalue weighted by Gasteiger charge is 2.18. The average Bonchev–Trinajstić information content (AvgIpc) is 2.28. The first-order valence-electron chi connectivity index (χ1n) is 5.96. The number of nitrogens with one attached hydrogen (secondary N) is 1. The number of aliphatic carboxylic acids is 1. The third-order valence-corrected chi connectivity index (χ3v) is 2.15. The molecule has 1 amide bonds. The topological polar surface area (TPSA) is 97.8 Å². The molecule has 0 atom stereocenters. The lowest BCUT2D eigenvalue weighted by Gasteiger charge is -2.20. The van der Waals surface area contributed by atoms with Gasteiger partial charge in [0, 0.05) is 6.07 Å². The number of carbonyl (C=O) groups excluding carboxylic acids is 1. The number of nitrogens with zero attached hydrogens (tertiary/aromatic N) is 1. The molecule has 0 spiro atoms. The summed E-state index contributed by atoms with van der Waals surface area (Å²) in [6.07, 6.45) is 0.404. The van der Waals surface area contributed by atoms with Crippen LogP contribution in [0.5, 0.6) is 5.88 Å². The summed E-state index contributed by atoms with van der Waals surface area (Å²) < 4.78 is 10.0. The van der Waals surface area contributed by atoms with Crippen LogP contribution in [-0.4, -0.2) is 34.9 Å². The van der Waals surface area contributed by atoms with E-state index in [-0.39, 0.29) is 18.0 Å². The minimum atomic E-state index is -1.02. The van der Waals surface area contributed by atoms with Gasteiger partial charge in [0.2, 0.25) is 5.88 Å². The van der Waals surface area contributed by atoms with Gasteiger partial charge in [-0.2, -0.15) is 0 Å². The van der Waals surface area contributed by atoms with Gasteiger partial charge in [0.05, 0.1) is 25.4 Å². The largest absolute Gasteiger partial charge is 0.481 e. The van der Waals surface area contributed by atoms with Crippen molar-refractivity contribution in [2.24, 2.45) is 0 Å². The third kappa shape index (κ3) is 5.13. The molecule has 0 radical (unpaired) electrons. The molecule has 0 aromatic carbocycles. The molecular weight excluding hydrogens is 264 g/mol. The Kier molecular flexibility index (Phi) is 4.90. The number of amides is 1. The second-order valence-electron chi connectivity index (χ2n) is 5.08. The van der Waals surface area contributed by atoms with Gasteiger partial charge < -0.3 is 14.6 Å². The molecule has 1 rings (SSSR count). The van der Waals surface area contributed by atoms with E-state index in [1.165, 1.54) is 19.4 Å². The molecular formula is C13H18N2O5. The molecule has 1 aromatic rings. The summed E-state index contributed by atoms with van der Waals surface area (Å²) in [5, 5.41) is 11.4. The molecule has 1 aromatic heterocycles. The van der Waals surface area contributed by atoms with Gasteiger partial charge in [-0.25, -0.2) is 9.78 Å².